The second-order valence-corrected chi connectivity index (χ2v) is 7.05. The zero-order chi connectivity index (χ0) is 14.7. The van der Waals surface area contributed by atoms with Gasteiger partial charge in [-0.2, -0.15) is 5.10 Å². The molecule has 21 heavy (non-hydrogen) atoms. The Balaban J connectivity index is 1.55. The summed E-state index contributed by atoms with van der Waals surface area (Å²) in [5.41, 5.74) is 0.861. The van der Waals surface area contributed by atoms with Crippen LogP contribution in [0.1, 0.15) is 51.9 Å². The zero-order valence-electron chi connectivity index (χ0n) is 12.6. The van der Waals surface area contributed by atoms with E-state index < -0.39 is 0 Å². The van der Waals surface area contributed by atoms with Crippen LogP contribution in [-0.2, 0) is 0 Å². The van der Waals surface area contributed by atoms with Gasteiger partial charge in [0, 0.05) is 12.2 Å². The van der Waals surface area contributed by atoms with E-state index in [1.54, 1.807) is 10.7 Å². The number of fused-ring (bicyclic) bond motifs is 1. The lowest BCUT2D eigenvalue weighted by Crippen LogP contribution is -2.18. The van der Waals surface area contributed by atoms with Gasteiger partial charge in [0.1, 0.15) is 5.82 Å². The number of aromatic nitrogens is 3. The van der Waals surface area contributed by atoms with Crippen molar-refractivity contribution in [2.45, 2.75) is 57.9 Å². The lowest BCUT2D eigenvalue weighted by atomic mass is 9.85. The molecule has 0 saturated heterocycles. The molecule has 0 aromatic carbocycles. The highest BCUT2D eigenvalue weighted by molar-refractivity contribution is 9.10. The minimum Gasteiger partial charge on any atom is -0.368 e. The topological polar surface area (TPSA) is 42.2 Å². The highest BCUT2D eigenvalue weighted by Gasteiger charge is 2.14. The molecule has 3 rings (SSSR count). The molecule has 1 atom stereocenters. The van der Waals surface area contributed by atoms with Crippen molar-refractivity contribution in [3.8, 4) is 0 Å². The highest BCUT2D eigenvalue weighted by Crippen LogP contribution is 2.28. The summed E-state index contributed by atoms with van der Waals surface area (Å²) in [6.45, 7) is 2.25. The normalized spacial score (nSPS) is 18.0. The lowest BCUT2D eigenvalue weighted by molar-refractivity contribution is 0.328. The molecule has 2 aromatic rings. The van der Waals surface area contributed by atoms with Crippen LogP contribution in [0.2, 0.25) is 0 Å². The maximum absolute atomic E-state index is 4.61. The standard InChI is InChI=1S/C16H23BrN4/c1-12(7-8-13-5-3-2-4-6-13)19-15-9-10-21-16(20-15)14(17)11-18-21/h9-13H,2-8H2,1H3,(H,19,20). The fraction of sp³-hybridized carbons (Fsp3) is 0.625. The van der Waals surface area contributed by atoms with E-state index in [0.717, 1.165) is 21.9 Å². The molecule has 0 amide bonds. The molecule has 0 bridgehead atoms. The Bertz CT molecular complexity index is 589. The monoisotopic (exact) mass is 350 g/mol. The Morgan fingerprint density at radius 1 is 1.38 bits per heavy atom. The predicted octanol–water partition coefficient (Wildman–Crippen LogP) is 4.65. The van der Waals surface area contributed by atoms with Gasteiger partial charge in [-0.3, -0.25) is 0 Å². The summed E-state index contributed by atoms with van der Waals surface area (Å²) in [6, 6.07) is 2.45. The van der Waals surface area contributed by atoms with Crippen molar-refractivity contribution in [1.82, 2.24) is 14.6 Å². The average Bonchev–Trinajstić information content (AvgIpc) is 2.87. The van der Waals surface area contributed by atoms with Crippen LogP contribution in [-0.4, -0.2) is 20.6 Å². The molecule has 1 aliphatic rings. The van der Waals surface area contributed by atoms with E-state index in [1.807, 2.05) is 12.3 Å². The van der Waals surface area contributed by atoms with Crippen molar-refractivity contribution < 1.29 is 0 Å². The van der Waals surface area contributed by atoms with Gasteiger partial charge in [0.15, 0.2) is 5.65 Å². The molecule has 1 aliphatic carbocycles. The molecule has 1 saturated carbocycles. The van der Waals surface area contributed by atoms with Crippen LogP contribution in [0, 0.1) is 5.92 Å². The summed E-state index contributed by atoms with van der Waals surface area (Å²) in [5.74, 6) is 1.88. The van der Waals surface area contributed by atoms with Crippen LogP contribution >= 0.6 is 15.9 Å². The lowest BCUT2D eigenvalue weighted by Gasteiger charge is -2.23. The molecule has 1 unspecified atom stereocenters. The molecule has 1 fully saturated rings. The largest absolute Gasteiger partial charge is 0.368 e. The number of nitrogens with zero attached hydrogens (tertiary/aromatic N) is 3. The van der Waals surface area contributed by atoms with Crippen LogP contribution in [0.4, 0.5) is 5.82 Å². The van der Waals surface area contributed by atoms with Crippen LogP contribution < -0.4 is 5.32 Å². The first-order valence-corrected chi connectivity index (χ1v) is 8.78. The van der Waals surface area contributed by atoms with Gasteiger partial charge in [0.2, 0.25) is 0 Å². The van der Waals surface area contributed by atoms with Crippen LogP contribution in [0.5, 0.6) is 0 Å². The van der Waals surface area contributed by atoms with Gasteiger partial charge in [-0.1, -0.05) is 32.1 Å². The van der Waals surface area contributed by atoms with Gasteiger partial charge in [-0.25, -0.2) is 9.50 Å². The number of hydrogen-bond acceptors (Lipinski definition) is 3. The molecule has 5 heteroatoms. The third-order valence-electron chi connectivity index (χ3n) is 4.45. The van der Waals surface area contributed by atoms with E-state index in [2.05, 4.69) is 38.3 Å². The van der Waals surface area contributed by atoms with E-state index in [1.165, 1.54) is 44.9 Å². The Kier molecular flexibility index (Phi) is 4.78. The van der Waals surface area contributed by atoms with Crippen molar-refractivity contribution in [3.05, 3.63) is 22.9 Å². The van der Waals surface area contributed by atoms with Gasteiger partial charge < -0.3 is 5.32 Å². The van der Waals surface area contributed by atoms with Crippen LogP contribution in [0.3, 0.4) is 0 Å². The Labute approximate surface area is 134 Å². The van der Waals surface area contributed by atoms with Gasteiger partial charge in [-0.15, -0.1) is 0 Å². The van der Waals surface area contributed by atoms with E-state index in [4.69, 9.17) is 0 Å². The summed E-state index contributed by atoms with van der Waals surface area (Å²) in [5, 5.41) is 7.73. The molecule has 2 heterocycles. The average molecular weight is 351 g/mol. The molecule has 0 spiro atoms. The number of nitrogens with one attached hydrogen (secondary N) is 1. The number of anilines is 1. The molecule has 1 N–H and O–H groups in total. The predicted molar refractivity (Wildman–Crippen MR) is 89.6 cm³/mol. The zero-order valence-corrected chi connectivity index (χ0v) is 14.1. The summed E-state index contributed by atoms with van der Waals surface area (Å²) in [7, 11) is 0. The second kappa shape index (κ2) is 6.77. The minimum atomic E-state index is 0.462. The quantitative estimate of drug-likeness (QED) is 0.852. The molecular weight excluding hydrogens is 328 g/mol. The molecule has 0 aliphatic heterocycles. The molecule has 0 radical (unpaired) electrons. The molecule has 2 aromatic heterocycles. The van der Waals surface area contributed by atoms with Crippen molar-refractivity contribution in [3.63, 3.8) is 0 Å². The molecular formula is C16H23BrN4. The van der Waals surface area contributed by atoms with Gasteiger partial charge in [0.05, 0.1) is 10.7 Å². The first kappa shape index (κ1) is 14.8. The number of hydrogen-bond donors (Lipinski definition) is 1. The first-order chi connectivity index (χ1) is 10.2. The Morgan fingerprint density at radius 2 is 2.19 bits per heavy atom. The van der Waals surface area contributed by atoms with E-state index in [-0.39, 0.29) is 0 Å². The minimum absolute atomic E-state index is 0.462. The van der Waals surface area contributed by atoms with E-state index in [0.29, 0.717) is 6.04 Å². The SMILES string of the molecule is CC(CCC1CCCCC1)Nc1ccn2ncc(Br)c2n1. The van der Waals surface area contributed by atoms with E-state index >= 15 is 0 Å². The van der Waals surface area contributed by atoms with Crippen molar-refractivity contribution in [2.24, 2.45) is 5.92 Å². The van der Waals surface area contributed by atoms with Crippen LogP contribution in [0.15, 0.2) is 22.9 Å². The summed E-state index contributed by atoms with van der Waals surface area (Å²) >= 11 is 3.48. The summed E-state index contributed by atoms with van der Waals surface area (Å²) < 4.78 is 2.71. The van der Waals surface area contributed by atoms with Crippen molar-refractivity contribution >= 4 is 27.4 Å². The van der Waals surface area contributed by atoms with Gasteiger partial charge in [-0.05, 0) is 47.7 Å². The maximum Gasteiger partial charge on any atom is 0.171 e. The highest BCUT2D eigenvalue weighted by atomic mass is 79.9. The van der Waals surface area contributed by atoms with E-state index in [9.17, 15) is 0 Å². The van der Waals surface area contributed by atoms with Crippen LogP contribution in [0.25, 0.3) is 5.65 Å². The fourth-order valence-corrected chi connectivity index (χ4v) is 3.57. The number of halogens is 1. The Hall–Kier alpha value is -1.10. The smallest absolute Gasteiger partial charge is 0.171 e. The Morgan fingerprint density at radius 3 is 3.00 bits per heavy atom. The molecule has 4 nitrogen and oxygen atoms in total. The summed E-state index contributed by atoms with van der Waals surface area (Å²) in [4.78, 5) is 4.61. The fourth-order valence-electron chi connectivity index (χ4n) is 3.21. The van der Waals surface area contributed by atoms with Crippen molar-refractivity contribution in [1.29, 1.82) is 0 Å². The third-order valence-corrected chi connectivity index (χ3v) is 5.01. The summed E-state index contributed by atoms with van der Waals surface area (Å²) in [6.07, 6.45) is 13.4. The third kappa shape index (κ3) is 3.76. The molecule has 114 valence electrons. The van der Waals surface area contributed by atoms with Gasteiger partial charge >= 0.3 is 0 Å². The van der Waals surface area contributed by atoms with Gasteiger partial charge in [0.25, 0.3) is 0 Å². The number of rotatable bonds is 5. The second-order valence-electron chi connectivity index (χ2n) is 6.20. The van der Waals surface area contributed by atoms with Crippen molar-refractivity contribution in [2.75, 3.05) is 5.32 Å². The first-order valence-electron chi connectivity index (χ1n) is 7.99. The maximum atomic E-state index is 4.61.